The van der Waals surface area contributed by atoms with Gasteiger partial charge in [-0.1, -0.05) is 0 Å². The molecule has 234 valence electrons. The maximum atomic E-state index is 15.0. The molecule has 3 N–H and O–H groups in total. The normalized spacial score (nSPS) is 18.6. The zero-order valence-electron chi connectivity index (χ0n) is 22.2. The number of nitrogens with two attached hydrogens (primary N) is 1. The Morgan fingerprint density at radius 1 is 1.21 bits per heavy atom. The molecule has 2 aliphatic rings. The molecule has 1 unspecified atom stereocenters. The lowest BCUT2D eigenvalue weighted by Gasteiger charge is -2.17. The number of hydrogen-bond donors (Lipinski definition) is 2. The molecule has 1 aromatic carbocycles. The van der Waals surface area contributed by atoms with Crippen LogP contribution in [0.4, 0.5) is 33.9 Å². The summed E-state index contributed by atoms with van der Waals surface area (Å²) in [6.45, 7) is 1.73. The van der Waals surface area contributed by atoms with Crippen LogP contribution in [-0.2, 0) is 34.0 Å². The molecule has 4 rings (SSSR count). The van der Waals surface area contributed by atoms with Crippen LogP contribution in [-0.4, -0.2) is 85.7 Å². The summed E-state index contributed by atoms with van der Waals surface area (Å²) < 4.78 is 84.1. The van der Waals surface area contributed by atoms with Crippen molar-refractivity contribution in [1.29, 1.82) is 0 Å². The van der Waals surface area contributed by atoms with E-state index in [-0.39, 0.29) is 31.1 Å². The number of pyridine rings is 1. The van der Waals surface area contributed by atoms with Gasteiger partial charge in [-0.25, -0.2) is 22.6 Å². The van der Waals surface area contributed by atoms with Crippen LogP contribution in [0.3, 0.4) is 0 Å². The van der Waals surface area contributed by atoms with Gasteiger partial charge in [0.05, 0.1) is 25.3 Å². The number of cyclic esters (lactones) is 1. The Bertz CT molecular complexity index is 1490. The molecule has 0 spiro atoms. The standard InChI is InChI=1S/C23H24FN5O6.CHF3O3S/c1-13(30)26-11-16-12-29(23(33)34-16)15-3-4-17(18(24)8-15)14-2-5-20(27-10-14)28-7-6-19(22(28)32)35-21(31)9-25;2-1(3,4)8(5,6)7/h2-5,8,10,16,19H,6-7,9,11-12,25H2,1H3,(H,26,30);(H,5,6,7)/p-1/t16-,19?;/m0./s1. The first-order chi connectivity index (χ1) is 20.0. The minimum absolute atomic E-state index is 0.172. The Hall–Kier alpha value is -4.36. The van der Waals surface area contributed by atoms with Crippen LogP contribution in [0.15, 0.2) is 36.5 Å². The summed E-state index contributed by atoms with van der Waals surface area (Å²) in [7, 11) is -6.09. The van der Waals surface area contributed by atoms with Crippen molar-refractivity contribution in [2.75, 3.05) is 36.0 Å². The molecule has 0 bridgehead atoms. The van der Waals surface area contributed by atoms with E-state index in [0.29, 0.717) is 30.0 Å². The first-order valence-corrected chi connectivity index (χ1v) is 13.6. The number of ether oxygens (including phenoxy) is 2. The van der Waals surface area contributed by atoms with Crippen molar-refractivity contribution < 1.29 is 59.2 Å². The van der Waals surface area contributed by atoms with E-state index in [2.05, 4.69) is 10.3 Å². The minimum atomic E-state index is -6.09. The second kappa shape index (κ2) is 13.3. The van der Waals surface area contributed by atoms with Gasteiger partial charge in [-0.15, -0.1) is 0 Å². The third-order valence-corrected chi connectivity index (χ3v) is 6.50. The van der Waals surface area contributed by atoms with E-state index in [9.17, 15) is 36.7 Å². The smallest absolute Gasteiger partial charge is 0.485 e. The van der Waals surface area contributed by atoms with E-state index in [1.807, 2.05) is 0 Å². The average Bonchev–Trinajstić information content (AvgIpc) is 3.48. The number of carbonyl (C=O) groups is 4. The summed E-state index contributed by atoms with van der Waals surface area (Å²) in [6.07, 6.45) is -0.281. The molecular weight excluding hydrogens is 610 g/mol. The molecule has 3 amide bonds. The Labute approximate surface area is 241 Å². The van der Waals surface area contributed by atoms with Gasteiger partial charge in [-0.2, -0.15) is 13.2 Å². The average molecular weight is 635 g/mol. The third-order valence-electron chi connectivity index (χ3n) is 5.93. The monoisotopic (exact) mass is 634 g/mol. The maximum absolute atomic E-state index is 15.0. The zero-order valence-corrected chi connectivity index (χ0v) is 23.0. The fourth-order valence-corrected chi connectivity index (χ4v) is 3.90. The molecule has 0 radical (unpaired) electrons. The predicted molar refractivity (Wildman–Crippen MR) is 138 cm³/mol. The quantitative estimate of drug-likeness (QED) is 0.191. The number of esters is 1. The number of carbonyl (C=O) groups excluding carboxylic acids is 4. The molecule has 43 heavy (non-hydrogen) atoms. The van der Waals surface area contributed by atoms with Gasteiger partial charge in [0.1, 0.15) is 17.7 Å². The van der Waals surface area contributed by atoms with E-state index in [1.165, 1.54) is 35.1 Å². The largest absolute Gasteiger partial charge is 0.741 e. The summed E-state index contributed by atoms with van der Waals surface area (Å²) >= 11 is 0. The number of nitrogens with zero attached hydrogens (tertiary/aromatic N) is 3. The highest BCUT2D eigenvalue weighted by Crippen LogP contribution is 2.30. The van der Waals surface area contributed by atoms with E-state index in [0.717, 1.165) is 0 Å². The van der Waals surface area contributed by atoms with Crippen LogP contribution in [0.5, 0.6) is 0 Å². The van der Waals surface area contributed by atoms with E-state index >= 15 is 0 Å². The van der Waals surface area contributed by atoms with Crippen LogP contribution in [0.2, 0.25) is 0 Å². The van der Waals surface area contributed by atoms with Crippen molar-refractivity contribution >= 4 is 45.5 Å². The minimum Gasteiger partial charge on any atom is -0.741 e. The molecule has 2 saturated heterocycles. The summed E-state index contributed by atoms with van der Waals surface area (Å²) in [6, 6.07) is 7.55. The summed E-state index contributed by atoms with van der Waals surface area (Å²) in [4.78, 5) is 54.1. The number of halogens is 4. The molecule has 0 saturated carbocycles. The number of benzene rings is 1. The van der Waals surface area contributed by atoms with Crippen LogP contribution in [0.25, 0.3) is 11.1 Å². The van der Waals surface area contributed by atoms with Crippen molar-refractivity contribution in [3.05, 3.63) is 42.3 Å². The second-order valence-electron chi connectivity index (χ2n) is 8.98. The van der Waals surface area contributed by atoms with Gasteiger partial charge in [0, 0.05) is 37.2 Å². The molecule has 3 heterocycles. The number of nitrogens with one attached hydrogen (secondary N) is 1. The topological polar surface area (TPSA) is 201 Å². The van der Waals surface area contributed by atoms with Gasteiger partial charge in [0.2, 0.25) is 5.91 Å². The van der Waals surface area contributed by atoms with Crippen molar-refractivity contribution in [3.63, 3.8) is 0 Å². The third kappa shape index (κ3) is 8.36. The molecule has 2 fully saturated rings. The molecule has 14 nitrogen and oxygen atoms in total. The van der Waals surface area contributed by atoms with Crippen LogP contribution >= 0.6 is 0 Å². The van der Waals surface area contributed by atoms with Gasteiger partial charge in [-0.3, -0.25) is 24.2 Å². The van der Waals surface area contributed by atoms with Crippen molar-refractivity contribution in [2.24, 2.45) is 5.73 Å². The van der Waals surface area contributed by atoms with Gasteiger partial charge < -0.3 is 25.1 Å². The highest BCUT2D eigenvalue weighted by molar-refractivity contribution is 7.86. The molecule has 2 atom stereocenters. The van der Waals surface area contributed by atoms with Crippen LogP contribution in [0, 0.1) is 5.82 Å². The van der Waals surface area contributed by atoms with Crippen LogP contribution in [0.1, 0.15) is 13.3 Å². The number of amides is 3. The highest BCUT2D eigenvalue weighted by Gasteiger charge is 2.37. The Kier molecular flexibility index (Phi) is 10.3. The van der Waals surface area contributed by atoms with E-state index < -0.39 is 51.6 Å². The molecule has 2 aliphatic heterocycles. The SMILES string of the molecule is CC(=O)NC[C@H]1CN(c2ccc(-c3ccc(N4CCC(OC(=O)CN)C4=O)nc3)c(F)c2)C(=O)O1.O=S(=O)([O-])C(F)(F)F. The first kappa shape index (κ1) is 33.1. The number of rotatable bonds is 7. The summed E-state index contributed by atoms with van der Waals surface area (Å²) in [5.74, 6) is -1.50. The molecule has 1 aromatic heterocycles. The lowest BCUT2D eigenvalue weighted by molar-refractivity contribution is -0.152. The Morgan fingerprint density at radius 2 is 1.88 bits per heavy atom. The molecule has 19 heteroatoms. The van der Waals surface area contributed by atoms with Crippen LogP contribution < -0.4 is 20.9 Å². The fraction of sp³-hybridized carbons (Fsp3) is 0.375. The number of aromatic nitrogens is 1. The van der Waals surface area contributed by atoms with Gasteiger partial charge in [-0.05, 0) is 30.3 Å². The van der Waals surface area contributed by atoms with Gasteiger partial charge >= 0.3 is 17.6 Å². The lowest BCUT2D eigenvalue weighted by atomic mass is 10.1. The predicted octanol–water partition coefficient (Wildman–Crippen LogP) is 1.01. The van der Waals surface area contributed by atoms with Crippen molar-refractivity contribution in [3.8, 4) is 11.1 Å². The van der Waals surface area contributed by atoms with Gasteiger partial charge in [0.15, 0.2) is 16.2 Å². The van der Waals surface area contributed by atoms with E-state index in [1.54, 1.807) is 18.2 Å². The van der Waals surface area contributed by atoms with E-state index in [4.69, 9.17) is 28.2 Å². The summed E-state index contributed by atoms with van der Waals surface area (Å²) in [5.41, 5.74) is 0.640. The Balaban J connectivity index is 0.000000557. The Morgan fingerprint density at radius 3 is 2.42 bits per heavy atom. The first-order valence-electron chi connectivity index (χ1n) is 12.2. The highest BCUT2D eigenvalue weighted by atomic mass is 32.2. The maximum Gasteiger partial charge on any atom is 0.485 e. The van der Waals surface area contributed by atoms with Crippen molar-refractivity contribution in [1.82, 2.24) is 10.3 Å². The molecule has 0 aliphatic carbocycles. The van der Waals surface area contributed by atoms with Gasteiger partial charge in [0.25, 0.3) is 5.91 Å². The number of alkyl halides is 3. The molecular formula is C24H24F4N5O9S-. The van der Waals surface area contributed by atoms with Crippen molar-refractivity contribution in [2.45, 2.75) is 31.1 Å². The summed E-state index contributed by atoms with van der Waals surface area (Å²) in [5, 5.41) is 2.59. The second-order valence-corrected chi connectivity index (χ2v) is 10.4. The fourth-order valence-electron chi connectivity index (χ4n) is 3.90. The number of hydrogen-bond acceptors (Lipinski definition) is 11. The number of anilines is 2. The lowest BCUT2D eigenvalue weighted by Crippen LogP contribution is -2.33. The molecule has 2 aromatic rings. The zero-order chi connectivity index (χ0) is 32.1.